The van der Waals surface area contributed by atoms with Crippen LogP contribution in [0.2, 0.25) is 5.02 Å². The van der Waals surface area contributed by atoms with Gasteiger partial charge in [-0.2, -0.15) is 0 Å². The van der Waals surface area contributed by atoms with Crippen LogP contribution in [-0.4, -0.2) is 15.8 Å². The molecule has 3 aromatic rings. The van der Waals surface area contributed by atoms with Gasteiger partial charge in [-0.15, -0.1) is 6.58 Å². The lowest BCUT2D eigenvalue weighted by atomic mass is 10.1. The van der Waals surface area contributed by atoms with Crippen LogP contribution in [0, 0.1) is 11.6 Å². The fourth-order valence-electron chi connectivity index (χ4n) is 3.15. The molecule has 1 atom stereocenters. The predicted molar refractivity (Wildman–Crippen MR) is 113 cm³/mol. The van der Waals surface area contributed by atoms with Crippen LogP contribution in [0.15, 0.2) is 49.1 Å². The van der Waals surface area contributed by atoms with Crippen LogP contribution in [0.4, 0.5) is 8.78 Å². The molecule has 0 aliphatic rings. The molecule has 1 aromatic heterocycles. The molecule has 0 fully saturated rings. The Morgan fingerprint density at radius 2 is 1.97 bits per heavy atom. The Balaban J connectivity index is 1.99. The summed E-state index contributed by atoms with van der Waals surface area (Å²) in [6.45, 7) is 6.74. The fraction of sp³-hybridized carbons (Fsp3) is 0.217. The molecule has 0 saturated carbocycles. The van der Waals surface area contributed by atoms with Crippen molar-refractivity contribution in [2.75, 3.05) is 0 Å². The molecule has 156 valence electrons. The highest BCUT2D eigenvalue weighted by Gasteiger charge is 2.24. The molecule has 0 amide bonds. The van der Waals surface area contributed by atoms with E-state index in [1.807, 2.05) is 19.1 Å². The molecule has 2 aromatic carbocycles. The Bertz CT molecular complexity index is 1080. The largest absolute Gasteiger partial charge is 0.479 e. The van der Waals surface area contributed by atoms with Gasteiger partial charge in [0.1, 0.15) is 11.6 Å². The third kappa shape index (κ3) is 4.44. The average Bonchev–Trinajstić information content (AvgIpc) is 3.12. The van der Waals surface area contributed by atoms with Gasteiger partial charge in [0, 0.05) is 22.7 Å². The lowest BCUT2D eigenvalue weighted by molar-refractivity contribution is 0.100. The van der Waals surface area contributed by atoms with Crippen molar-refractivity contribution in [3.8, 4) is 17.0 Å². The Labute approximate surface area is 178 Å². The summed E-state index contributed by atoms with van der Waals surface area (Å²) in [6, 6.07) is 9.45. The molecular formula is C23H21ClF2N2O2. The number of H-pyrrole nitrogens is 1. The Kier molecular flexibility index (Phi) is 6.67. The van der Waals surface area contributed by atoms with Crippen molar-refractivity contribution in [2.24, 2.45) is 0 Å². The van der Waals surface area contributed by atoms with Crippen LogP contribution in [0.1, 0.15) is 48.2 Å². The molecule has 3 rings (SSSR count). The van der Waals surface area contributed by atoms with Crippen LogP contribution in [0.25, 0.3) is 11.3 Å². The summed E-state index contributed by atoms with van der Waals surface area (Å²) < 4.78 is 34.3. The molecule has 7 heteroatoms. The number of aromatic nitrogens is 2. The number of nitrogens with one attached hydrogen (secondary N) is 1. The number of ether oxygens (including phenoxy) is 1. The number of imidazole rings is 1. The van der Waals surface area contributed by atoms with E-state index in [4.69, 9.17) is 16.3 Å². The average molecular weight is 431 g/mol. The summed E-state index contributed by atoms with van der Waals surface area (Å²) in [6.07, 6.45) is 2.13. The summed E-state index contributed by atoms with van der Waals surface area (Å²) in [5.74, 6) is -2.36. The van der Waals surface area contributed by atoms with E-state index in [2.05, 4.69) is 16.5 Å². The lowest BCUT2D eigenvalue weighted by Crippen LogP contribution is -2.11. The van der Waals surface area contributed by atoms with Gasteiger partial charge < -0.3 is 9.72 Å². The smallest absolute Gasteiger partial charge is 0.178 e. The van der Waals surface area contributed by atoms with Crippen molar-refractivity contribution in [1.82, 2.24) is 9.97 Å². The van der Waals surface area contributed by atoms with Gasteiger partial charge in [-0.1, -0.05) is 36.7 Å². The van der Waals surface area contributed by atoms with E-state index >= 15 is 0 Å². The molecule has 0 saturated heterocycles. The molecule has 1 unspecified atom stereocenters. The molecule has 0 radical (unpaired) electrons. The molecule has 0 aliphatic heterocycles. The van der Waals surface area contributed by atoms with Crippen LogP contribution >= 0.6 is 11.6 Å². The quantitative estimate of drug-likeness (QED) is 0.329. The van der Waals surface area contributed by atoms with Crippen molar-refractivity contribution in [2.45, 2.75) is 32.8 Å². The second-order valence-corrected chi connectivity index (χ2v) is 7.19. The Morgan fingerprint density at radius 1 is 1.27 bits per heavy atom. The number of allylic oxidation sites excluding steroid dienone is 1. The summed E-state index contributed by atoms with van der Waals surface area (Å²) >= 11 is 5.98. The molecule has 1 heterocycles. The predicted octanol–water partition coefficient (Wildman–Crippen LogP) is 6.47. The van der Waals surface area contributed by atoms with Crippen molar-refractivity contribution < 1.29 is 18.3 Å². The van der Waals surface area contributed by atoms with Crippen molar-refractivity contribution >= 4 is 17.4 Å². The van der Waals surface area contributed by atoms with Crippen LogP contribution in [-0.2, 0) is 6.42 Å². The second kappa shape index (κ2) is 9.22. The van der Waals surface area contributed by atoms with E-state index in [9.17, 15) is 13.6 Å². The number of carbonyl (C=O) groups excluding carboxylic acids is 1. The first-order valence-electron chi connectivity index (χ1n) is 9.46. The summed E-state index contributed by atoms with van der Waals surface area (Å²) in [7, 11) is 0. The number of halogens is 3. The second-order valence-electron chi connectivity index (χ2n) is 6.75. The number of aromatic amines is 1. The first-order chi connectivity index (χ1) is 14.3. The Hall–Kier alpha value is -2.99. The fourth-order valence-corrected chi connectivity index (χ4v) is 3.28. The van der Waals surface area contributed by atoms with Crippen LogP contribution in [0.3, 0.4) is 0 Å². The maximum absolute atomic E-state index is 14.7. The minimum Gasteiger partial charge on any atom is -0.479 e. The van der Waals surface area contributed by atoms with Gasteiger partial charge >= 0.3 is 0 Å². The highest BCUT2D eigenvalue weighted by Crippen LogP contribution is 2.31. The standard InChI is InChI=1S/C23H21ClF2N2O2/c1-4-6-17-22(14-7-9-15(24)10-8-14)28-23(27-17)18(5-2)30-19-12-11-16(25)20(13(3)29)21(19)26/h4,7-12,18H,1,5-6H2,2-3H3,(H,27,28). The highest BCUT2D eigenvalue weighted by atomic mass is 35.5. The Morgan fingerprint density at radius 3 is 2.57 bits per heavy atom. The number of hydrogen-bond donors (Lipinski definition) is 1. The number of hydrogen-bond acceptors (Lipinski definition) is 3. The lowest BCUT2D eigenvalue weighted by Gasteiger charge is -2.17. The zero-order chi connectivity index (χ0) is 21.8. The molecule has 0 aliphatic carbocycles. The molecule has 4 nitrogen and oxygen atoms in total. The minimum absolute atomic E-state index is 0.205. The van der Waals surface area contributed by atoms with Gasteiger partial charge in [0.25, 0.3) is 0 Å². The van der Waals surface area contributed by atoms with Crippen molar-refractivity contribution in [3.63, 3.8) is 0 Å². The number of carbonyl (C=O) groups is 1. The van der Waals surface area contributed by atoms with Crippen LogP contribution < -0.4 is 4.74 Å². The van der Waals surface area contributed by atoms with Crippen molar-refractivity contribution in [3.05, 3.63) is 82.8 Å². The third-order valence-electron chi connectivity index (χ3n) is 4.62. The maximum atomic E-state index is 14.7. The van der Waals surface area contributed by atoms with E-state index in [-0.39, 0.29) is 5.75 Å². The highest BCUT2D eigenvalue weighted by molar-refractivity contribution is 6.30. The van der Waals surface area contributed by atoms with Gasteiger partial charge in [-0.25, -0.2) is 13.8 Å². The summed E-state index contributed by atoms with van der Waals surface area (Å²) in [5, 5.41) is 0.614. The topological polar surface area (TPSA) is 55.0 Å². The number of benzene rings is 2. The molecule has 30 heavy (non-hydrogen) atoms. The number of ketones is 1. The SMILES string of the molecule is C=CCc1[nH]c(C(CC)Oc2ccc(F)c(C(C)=O)c2F)nc1-c1ccc(Cl)cc1. The van der Waals surface area contributed by atoms with Gasteiger partial charge in [0.2, 0.25) is 0 Å². The zero-order valence-electron chi connectivity index (χ0n) is 16.6. The number of Topliss-reactive ketones (excluding diaryl/α,β-unsaturated/α-hetero) is 1. The first kappa shape index (κ1) is 21.7. The zero-order valence-corrected chi connectivity index (χ0v) is 17.4. The van der Waals surface area contributed by atoms with Crippen LogP contribution in [0.5, 0.6) is 5.75 Å². The summed E-state index contributed by atoms with van der Waals surface area (Å²) in [4.78, 5) is 19.5. The van der Waals surface area contributed by atoms with Crippen molar-refractivity contribution in [1.29, 1.82) is 0 Å². The van der Waals surface area contributed by atoms with Gasteiger partial charge in [-0.3, -0.25) is 4.79 Å². The van der Waals surface area contributed by atoms with E-state index in [0.29, 0.717) is 29.4 Å². The number of rotatable bonds is 8. The maximum Gasteiger partial charge on any atom is 0.178 e. The molecule has 0 bridgehead atoms. The first-order valence-corrected chi connectivity index (χ1v) is 9.84. The van der Waals surface area contributed by atoms with E-state index in [1.54, 1.807) is 18.2 Å². The normalized spacial score (nSPS) is 11.9. The monoisotopic (exact) mass is 430 g/mol. The van der Waals surface area contributed by atoms with E-state index in [0.717, 1.165) is 24.2 Å². The summed E-state index contributed by atoms with van der Waals surface area (Å²) in [5.41, 5.74) is 1.79. The molecular weight excluding hydrogens is 410 g/mol. The third-order valence-corrected chi connectivity index (χ3v) is 4.87. The molecule has 0 spiro atoms. The van der Waals surface area contributed by atoms with Gasteiger partial charge in [0.05, 0.1) is 11.3 Å². The molecule has 1 N–H and O–H groups in total. The van der Waals surface area contributed by atoms with E-state index in [1.165, 1.54) is 6.07 Å². The van der Waals surface area contributed by atoms with E-state index < -0.39 is 29.1 Å². The number of nitrogens with zero attached hydrogens (tertiary/aromatic N) is 1. The van der Waals surface area contributed by atoms with Gasteiger partial charge in [0.15, 0.2) is 23.5 Å². The van der Waals surface area contributed by atoms with Gasteiger partial charge in [-0.05, 0) is 37.6 Å². The minimum atomic E-state index is -1.02.